The number of aliphatic hydroxyl groups excluding tert-OH is 1. The summed E-state index contributed by atoms with van der Waals surface area (Å²) in [5.74, 6) is 0.255. The maximum atomic E-state index is 12.1. The van der Waals surface area contributed by atoms with Crippen LogP contribution in [0.15, 0.2) is 12.1 Å². The predicted octanol–water partition coefficient (Wildman–Crippen LogP) is 2.03. The van der Waals surface area contributed by atoms with Crippen LogP contribution < -0.4 is 9.47 Å². The number of carbonyl (C=O) groups is 2. The Kier molecular flexibility index (Phi) is 7.54. The quantitative estimate of drug-likeness (QED) is 0.704. The summed E-state index contributed by atoms with van der Waals surface area (Å²) in [6.45, 7) is 6.28. The Morgan fingerprint density at radius 2 is 1.78 bits per heavy atom. The lowest BCUT2D eigenvalue weighted by molar-refractivity contribution is -0.133. The van der Waals surface area contributed by atoms with Gasteiger partial charge in [0.1, 0.15) is 0 Å². The fourth-order valence-corrected chi connectivity index (χ4v) is 2.30. The summed E-state index contributed by atoms with van der Waals surface area (Å²) < 4.78 is 10.9. The number of methoxy groups -OCH3 is 1. The van der Waals surface area contributed by atoms with Gasteiger partial charge in [0.25, 0.3) is 5.91 Å². The van der Waals surface area contributed by atoms with E-state index in [2.05, 4.69) is 0 Å². The molecule has 1 rings (SSSR count). The highest BCUT2D eigenvalue weighted by Crippen LogP contribution is 2.35. The monoisotopic (exact) mass is 323 g/mol. The van der Waals surface area contributed by atoms with E-state index >= 15 is 0 Å². The molecule has 0 aliphatic heterocycles. The van der Waals surface area contributed by atoms with Crippen LogP contribution in [0.4, 0.5) is 0 Å². The molecule has 23 heavy (non-hydrogen) atoms. The maximum Gasteiger partial charge on any atom is 0.260 e. The molecule has 0 aliphatic rings. The normalized spacial score (nSPS) is 10.3. The summed E-state index contributed by atoms with van der Waals surface area (Å²) in [5.41, 5.74) is 0.860. The number of amides is 1. The van der Waals surface area contributed by atoms with Gasteiger partial charge in [0.05, 0.1) is 19.3 Å². The van der Waals surface area contributed by atoms with Gasteiger partial charge in [0.15, 0.2) is 23.9 Å². The molecule has 0 fully saturated rings. The molecule has 1 amide bonds. The molecule has 0 aromatic heterocycles. The third-order valence-electron chi connectivity index (χ3n) is 3.65. The van der Waals surface area contributed by atoms with E-state index in [0.717, 1.165) is 0 Å². The zero-order valence-corrected chi connectivity index (χ0v) is 14.2. The fraction of sp³-hybridized carbons (Fsp3) is 0.529. The van der Waals surface area contributed by atoms with Crippen molar-refractivity contribution < 1.29 is 24.2 Å². The van der Waals surface area contributed by atoms with Crippen molar-refractivity contribution in [1.82, 2.24) is 4.90 Å². The lowest BCUT2D eigenvalue weighted by Gasteiger charge is -2.21. The number of ketones is 1. The number of carbonyl (C=O) groups excluding carboxylic acids is 2. The third-order valence-corrected chi connectivity index (χ3v) is 3.65. The van der Waals surface area contributed by atoms with Crippen LogP contribution in [0.2, 0.25) is 0 Å². The number of hydrogen-bond donors (Lipinski definition) is 1. The number of hydrogen-bond acceptors (Lipinski definition) is 5. The SMILES string of the molecule is CCC(=O)c1ccc(CO)c(OCC(=O)N(CC)CC)c1OC. The van der Waals surface area contributed by atoms with Gasteiger partial charge < -0.3 is 19.5 Å². The Balaban J connectivity index is 3.12. The van der Waals surface area contributed by atoms with Crippen molar-refractivity contribution in [3.63, 3.8) is 0 Å². The number of ether oxygens (including phenoxy) is 2. The predicted molar refractivity (Wildman–Crippen MR) is 87.0 cm³/mol. The summed E-state index contributed by atoms with van der Waals surface area (Å²) in [5, 5.41) is 9.48. The van der Waals surface area contributed by atoms with E-state index in [1.54, 1.807) is 24.0 Å². The van der Waals surface area contributed by atoms with Crippen molar-refractivity contribution in [2.75, 3.05) is 26.8 Å². The van der Waals surface area contributed by atoms with Gasteiger partial charge in [-0.25, -0.2) is 0 Å². The third kappa shape index (κ3) is 4.45. The maximum absolute atomic E-state index is 12.1. The van der Waals surface area contributed by atoms with Crippen LogP contribution in [0.25, 0.3) is 0 Å². The Morgan fingerprint density at radius 1 is 1.13 bits per heavy atom. The van der Waals surface area contributed by atoms with E-state index in [1.807, 2.05) is 13.8 Å². The van der Waals surface area contributed by atoms with Gasteiger partial charge in [0.2, 0.25) is 0 Å². The molecule has 1 aromatic carbocycles. The number of nitrogens with zero attached hydrogens (tertiary/aromatic N) is 1. The number of rotatable bonds is 9. The summed E-state index contributed by atoms with van der Waals surface area (Å²) in [6.07, 6.45) is 0.326. The number of Topliss-reactive ketones (excluding diaryl/α,β-unsaturated/α-hetero) is 1. The average Bonchev–Trinajstić information content (AvgIpc) is 2.59. The smallest absolute Gasteiger partial charge is 0.260 e. The van der Waals surface area contributed by atoms with Gasteiger partial charge in [-0.05, 0) is 19.9 Å². The van der Waals surface area contributed by atoms with Gasteiger partial charge >= 0.3 is 0 Å². The van der Waals surface area contributed by atoms with Crippen LogP contribution >= 0.6 is 0 Å². The highest BCUT2D eigenvalue weighted by atomic mass is 16.5. The molecule has 0 heterocycles. The summed E-state index contributed by atoms with van der Waals surface area (Å²) in [6, 6.07) is 3.22. The van der Waals surface area contributed by atoms with Gasteiger partial charge in [-0.1, -0.05) is 13.0 Å². The first-order valence-electron chi connectivity index (χ1n) is 7.78. The highest BCUT2D eigenvalue weighted by molar-refractivity contribution is 5.99. The minimum absolute atomic E-state index is 0.0914. The Hall–Kier alpha value is -2.08. The largest absolute Gasteiger partial charge is 0.492 e. The summed E-state index contributed by atoms with van der Waals surface area (Å²) >= 11 is 0. The highest BCUT2D eigenvalue weighted by Gasteiger charge is 2.20. The van der Waals surface area contributed by atoms with Crippen molar-refractivity contribution in [2.24, 2.45) is 0 Å². The standard InChI is InChI=1S/C17H25NO5/c1-5-14(20)13-9-8-12(10-19)16(17(13)22-4)23-11-15(21)18(6-2)7-3/h8-9,19H,5-7,10-11H2,1-4H3. The van der Waals surface area contributed by atoms with Crippen LogP contribution in [0, 0.1) is 0 Å². The van der Waals surface area contributed by atoms with Gasteiger partial charge in [-0.3, -0.25) is 9.59 Å². The average molecular weight is 323 g/mol. The van der Waals surface area contributed by atoms with Crippen LogP contribution in [0.5, 0.6) is 11.5 Å². The zero-order valence-electron chi connectivity index (χ0n) is 14.2. The van der Waals surface area contributed by atoms with E-state index in [9.17, 15) is 14.7 Å². The lowest BCUT2D eigenvalue weighted by Crippen LogP contribution is -2.34. The molecule has 0 atom stereocenters. The second-order valence-corrected chi connectivity index (χ2v) is 4.92. The van der Waals surface area contributed by atoms with E-state index in [0.29, 0.717) is 30.6 Å². The van der Waals surface area contributed by atoms with Crippen LogP contribution in [0.3, 0.4) is 0 Å². The zero-order chi connectivity index (χ0) is 17.4. The molecule has 0 saturated heterocycles. The molecule has 0 saturated carbocycles. The van der Waals surface area contributed by atoms with Gasteiger partial charge in [-0.15, -0.1) is 0 Å². The molecule has 6 nitrogen and oxygen atoms in total. The second kappa shape index (κ2) is 9.15. The molecular formula is C17H25NO5. The van der Waals surface area contributed by atoms with Crippen molar-refractivity contribution >= 4 is 11.7 Å². The summed E-state index contributed by atoms with van der Waals surface area (Å²) in [7, 11) is 1.43. The minimum atomic E-state index is -0.272. The molecule has 0 spiro atoms. The molecule has 128 valence electrons. The van der Waals surface area contributed by atoms with E-state index < -0.39 is 0 Å². The van der Waals surface area contributed by atoms with E-state index in [-0.39, 0.29) is 36.4 Å². The number of benzene rings is 1. The van der Waals surface area contributed by atoms with Gasteiger partial charge in [-0.2, -0.15) is 0 Å². The van der Waals surface area contributed by atoms with Crippen molar-refractivity contribution in [1.29, 1.82) is 0 Å². The molecule has 0 aliphatic carbocycles. The molecular weight excluding hydrogens is 298 g/mol. The van der Waals surface area contributed by atoms with Crippen molar-refractivity contribution in [3.8, 4) is 11.5 Å². The first-order valence-corrected chi connectivity index (χ1v) is 7.78. The fourth-order valence-electron chi connectivity index (χ4n) is 2.30. The van der Waals surface area contributed by atoms with E-state index in [1.165, 1.54) is 7.11 Å². The Bertz CT molecular complexity index is 552. The topological polar surface area (TPSA) is 76.1 Å². The van der Waals surface area contributed by atoms with Crippen LogP contribution in [-0.2, 0) is 11.4 Å². The molecule has 0 bridgehead atoms. The molecule has 1 N–H and O–H groups in total. The van der Waals surface area contributed by atoms with Crippen molar-refractivity contribution in [3.05, 3.63) is 23.3 Å². The van der Waals surface area contributed by atoms with Crippen molar-refractivity contribution in [2.45, 2.75) is 33.8 Å². The Morgan fingerprint density at radius 3 is 2.26 bits per heavy atom. The lowest BCUT2D eigenvalue weighted by atomic mass is 10.0. The first kappa shape index (κ1) is 19.0. The Labute approximate surface area is 137 Å². The molecule has 6 heteroatoms. The molecule has 0 radical (unpaired) electrons. The van der Waals surface area contributed by atoms with E-state index in [4.69, 9.17) is 9.47 Å². The number of likely N-dealkylation sites (N-methyl/N-ethyl adjacent to an activating group) is 1. The van der Waals surface area contributed by atoms with Gasteiger partial charge in [0, 0.05) is 25.1 Å². The molecule has 0 unspecified atom stereocenters. The van der Waals surface area contributed by atoms with Crippen LogP contribution in [0.1, 0.15) is 43.1 Å². The first-order chi connectivity index (χ1) is 11.0. The summed E-state index contributed by atoms with van der Waals surface area (Å²) in [4.78, 5) is 25.7. The second-order valence-electron chi connectivity index (χ2n) is 4.92. The minimum Gasteiger partial charge on any atom is -0.492 e. The van der Waals surface area contributed by atoms with Crippen LogP contribution in [-0.4, -0.2) is 48.5 Å². The number of aliphatic hydroxyl groups is 1. The molecule has 1 aromatic rings.